The minimum absolute atomic E-state index is 0.0371. The van der Waals surface area contributed by atoms with Crippen molar-refractivity contribution in [2.45, 2.75) is 37.4 Å². The first-order valence-electron chi connectivity index (χ1n) is 8.98. The highest BCUT2D eigenvalue weighted by Crippen LogP contribution is 2.42. The van der Waals surface area contributed by atoms with Crippen LogP contribution in [0.25, 0.3) is 0 Å². The third kappa shape index (κ3) is 2.27. The van der Waals surface area contributed by atoms with Crippen LogP contribution in [0.3, 0.4) is 0 Å². The van der Waals surface area contributed by atoms with Crippen LogP contribution >= 0.6 is 0 Å². The third-order valence-electron chi connectivity index (χ3n) is 5.71. The first kappa shape index (κ1) is 16.2. The summed E-state index contributed by atoms with van der Waals surface area (Å²) in [6.45, 7) is 1.15. The molecule has 3 atom stereocenters. The lowest BCUT2D eigenvalue weighted by Gasteiger charge is -2.33. The van der Waals surface area contributed by atoms with E-state index >= 15 is 0 Å². The van der Waals surface area contributed by atoms with E-state index in [0.29, 0.717) is 18.9 Å². The molecule has 3 N–H and O–H groups in total. The molecule has 0 spiro atoms. The van der Waals surface area contributed by atoms with E-state index in [-0.39, 0.29) is 36.1 Å². The van der Waals surface area contributed by atoms with Crippen LogP contribution in [-0.4, -0.2) is 59.8 Å². The van der Waals surface area contributed by atoms with Crippen LogP contribution in [0.1, 0.15) is 40.0 Å². The highest BCUT2D eigenvalue weighted by molar-refractivity contribution is 6.24. The summed E-state index contributed by atoms with van der Waals surface area (Å²) in [5, 5.41) is 2.19. The lowest BCUT2D eigenvalue weighted by Crippen LogP contribution is -2.54. The number of piperidine rings is 1. The number of imide groups is 2. The molecule has 9 heteroatoms. The van der Waals surface area contributed by atoms with Crippen LogP contribution in [-0.2, 0) is 9.59 Å². The minimum atomic E-state index is -0.971. The molecule has 1 aromatic carbocycles. The normalized spacial score (nSPS) is 29.3. The Morgan fingerprint density at radius 1 is 1.11 bits per heavy atom. The van der Waals surface area contributed by atoms with Crippen molar-refractivity contribution in [3.63, 3.8) is 0 Å². The van der Waals surface area contributed by atoms with Gasteiger partial charge in [-0.05, 0) is 25.0 Å². The van der Waals surface area contributed by atoms with Gasteiger partial charge in [0, 0.05) is 19.0 Å². The van der Waals surface area contributed by atoms with Crippen LogP contribution in [0.15, 0.2) is 12.1 Å². The SMILES string of the molecule is N[C@H]1C[C@H]2COc3cc4c(cc3N2C1)C(=O)N(C1CCC(=O)NC1=O)C4=O. The van der Waals surface area contributed by atoms with Crippen molar-refractivity contribution in [3.05, 3.63) is 23.3 Å². The molecule has 140 valence electrons. The molecule has 5 rings (SSSR count). The molecule has 4 amide bonds. The lowest BCUT2D eigenvalue weighted by molar-refractivity contribution is -0.136. The van der Waals surface area contributed by atoms with Crippen LogP contribution < -0.4 is 20.7 Å². The third-order valence-corrected chi connectivity index (χ3v) is 5.71. The van der Waals surface area contributed by atoms with Gasteiger partial charge in [-0.25, -0.2) is 0 Å². The second-order valence-corrected chi connectivity index (χ2v) is 7.43. The second kappa shape index (κ2) is 5.53. The summed E-state index contributed by atoms with van der Waals surface area (Å²) in [5.41, 5.74) is 7.30. The number of ether oxygens (including phenoxy) is 1. The standard InChI is InChI=1S/C18H18N4O5/c19-8-3-9-7-27-14-5-11-10(4-13(14)21(9)6-8)17(25)22(18(11)26)12-1-2-15(23)20-16(12)24/h4-5,8-9,12H,1-3,6-7,19H2,(H,20,23,24)/t8-,9-,12?/m0/s1. The van der Waals surface area contributed by atoms with Gasteiger partial charge in [0.1, 0.15) is 18.4 Å². The zero-order chi connectivity index (χ0) is 18.9. The lowest BCUT2D eigenvalue weighted by atomic mass is 10.0. The molecule has 0 bridgehead atoms. The Morgan fingerprint density at radius 3 is 2.59 bits per heavy atom. The van der Waals surface area contributed by atoms with Gasteiger partial charge < -0.3 is 15.4 Å². The van der Waals surface area contributed by atoms with Gasteiger partial charge in [0.2, 0.25) is 11.8 Å². The number of carbonyl (C=O) groups is 4. The average Bonchev–Trinajstić information content (AvgIpc) is 3.12. The van der Waals surface area contributed by atoms with Crippen molar-refractivity contribution in [3.8, 4) is 5.75 Å². The minimum Gasteiger partial charge on any atom is -0.489 e. The molecule has 9 nitrogen and oxygen atoms in total. The number of benzene rings is 1. The Bertz CT molecular complexity index is 913. The summed E-state index contributed by atoms with van der Waals surface area (Å²) in [6, 6.07) is 2.47. The molecule has 4 aliphatic heterocycles. The fourth-order valence-corrected chi connectivity index (χ4v) is 4.42. The number of carbonyl (C=O) groups excluding carboxylic acids is 4. The Kier molecular flexibility index (Phi) is 3.33. The van der Waals surface area contributed by atoms with Crippen molar-refractivity contribution < 1.29 is 23.9 Å². The molecule has 1 aromatic rings. The Balaban J connectivity index is 1.52. The Hall–Kier alpha value is -2.94. The van der Waals surface area contributed by atoms with E-state index in [1.54, 1.807) is 12.1 Å². The summed E-state index contributed by atoms with van der Waals surface area (Å²) in [4.78, 5) is 52.4. The van der Waals surface area contributed by atoms with Crippen molar-refractivity contribution in [2.24, 2.45) is 5.73 Å². The maximum Gasteiger partial charge on any atom is 0.262 e. The number of nitrogens with two attached hydrogens (primary N) is 1. The van der Waals surface area contributed by atoms with Gasteiger partial charge in [-0.3, -0.25) is 29.4 Å². The predicted molar refractivity (Wildman–Crippen MR) is 92.3 cm³/mol. The number of fused-ring (bicyclic) bond motifs is 4. The molecule has 0 saturated carbocycles. The zero-order valence-electron chi connectivity index (χ0n) is 14.4. The summed E-state index contributed by atoms with van der Waals surface area (Å²) in [5.74, 6) is -1.51. The quantitative estimate of drug-likeness (QED) is 0.632. The molecular formula is C18H18N4O5. The van der Waals surface area contributed by atoms with Crippen LogP contribution in [0.4, 0.5) is 5.69 Å². The molecule has 4 aliphatic rings. The number of hydrogen-bond acceptors (Lipinski definition) is 7. The van der Waals surface area contributed by atoms with E-state index in [1.165, 1.54) is 0 Å². The fraction of sp³-hybridized carbons (Fsp3) is 0.444. The van der Waals surface area contributed by atoms with Gasteiger partial charge in [0.15, 0.2) is 0 Å². The molecule has 27 heavy (non-hydrogen) atoms. The summed E-state index contributed by atoms with van der Waals surface area (Å²) in [6.07, 6.45) is 1.04. The van der Waals surface area contributed by atoms with E-state index < -0.39 is 29.7 Å². The second-order valence-electron chi connectivity index (χ2n) is 7.43. The van der Waals surface area contributed by atoms with E-state index in [0.717, 1.165) is 17.0 Å². The van der Waals surface area contributed by atoms with E-state index in [1.807, 2.05) is 0 Å². The summed E-state index contributed by atoms with van der Waals surface area (Å²) in [7, 11) is 0. The molecular weight excluding hydrogens is 352 g/mol. The number of anilines is 1. The van der Waals surface area contributed by atoms with Crippen LogP contribution in [0.2, 0.25) is 0 Å². The van der Waals surface area contributed by atoms with Gasteiger partial charge in [-0.15, -0.1) is 0 Å². The molecule has 0 aromatic heterocycles. The van der Waals surface area contributed by atoms with Gasteiger partial charge in [0.25, 0.3) is 11.8 Å². The van der Waals surface area contributed by atoms with Crippen molar-refractivity contribution in [2.75, 3.05) is 18.1 Å². The molecule has 2 fully saturated rings. The summed E-state index contributed by atoms with van der Waals surface area (Å²) < 4.78 is 5.81. The number of nitrogens with one attached hydrogen (secondary N) is 1. The van der Waals surface area contributed by atoms with Crippen molar-refractivity contribution >= 4 is 29.3 Å². The topological polar surface area (TPSA) is 122 Å². The first-order chi connectivity index (χ1) is 12.9. The van der Waals surface area contributed by atoms with E-state index in [2.05, 4.69) is 10.2 Å². The molecule has 4 heterocycles. The number of nitrogens with zero attached hydrogens (tertiary/aromatic N) is 2. The highest BCUT2D eigenvalue weighted by atomic mass is 16.5. The van der Waals surface area contributed by atoms with Gasteiger partial charge in [-0.1, -0.05) is 0 Å². The van der Waals surface area contributed by atoms with Crippen molar-refractivity contribution in [1.29, 1.82) is 0 Å². The maximum absolute atomic E-state index is 12.9. The molecule has 2 saturated heterocycles. The largest absolute Gasteiger partial charge is 0.489 e. The molecule has 1 unspecified atom stereocenters. The monoisotopic (exact) mass is 370 g/mol. The number of hydrogen-bond donors (Lipinski definition) is 2. The van der Waals surface area contributed by atoms with Crippen LogP contribution in [0.5, 0.6) is 5.75 Å². The molecule has 0 radical (unpaired) electrons. The van der Waals surface area contributed by atoms with Gasteiger partial charge in [-0.2, -0.15) is 0 Å². The fourth-order valence-electron chi connectivity index (χ4n) is 4.42. The predicted octanol–water partition coefficient (Wildman–Crippen LogP) is -0.614. The van der Waals surface area contributed by atoms with Crippen molar-refractivity contribution in [1.82, 2.24) is 10.2 Å². The maximum atomic E-state index is 12.9. The zero-order valence-corrected chi connectivity index (χ0v) is 14.4. The van der Waals surface area contributed by atoms with Crippen LogP contribution in [0, 0.1) is 0 Å². The average molecular weight is 370 g/mol. The Labute approximate surface area is 154 Å². The summed E-state index contributed by atoms with van der Waals surface area (Å²) >= 11 is 0. The van der Waals surface area contributed by atoms with Gasteiger partial charge >= 0.3 is 0 Å². The molecule has 0 aliphatic carbocycles. The number of amides is 4. The highest BCUT2D eigenvalue weighted by Gasteiger charge is 2.46. The number of rotatable bonds is 1. The van der Waals surface area contributed by atoms with E-state index in [4.69, 9.17) is 10.5 Å². The van der Waals surface area contributed by atoms with Gasteiger partial charge in [0.05, 0.1) is 22.9 Å². The smallest absolute Gasteiger partial charge is 0.262 e. The Morgan fingerprint density at radius 2 is 1.85 bits per heavy atom. The van der Waals surface area contributed by atoms with E-state index in [9.17, 15) is 19.2 Å². The first-order valence-corrected chi connectivity index (χ1v) is 8.98.